The summed E-state index contributed by atoms with van der Waals surface area (Å²) in [6.45, 7) is 2.62. The maximum atomic E-state index is 12.1. The molecule has 0 aromatic heterocycles. The molecule has 2 aliphatic heterocycles. The lowest BCUT2D eigenvalue weighted by molar-refractivity contribution is -0.152. The molecule has 0 spiro atoms. The number of hydrogen-bond acceptors (Lipinski definition) is 4. The van der Waals surface area contributed by atoms with Gasteiger partial charge in [0.2, 0.25) is 5.91 Å². The molecular weight excluding hydrogens is 284 g/mol. The quantitative estimate of drug-likeness (QED) is 0.829. The molecule has 0 saturated carbocycles. The number of aliphatic hydroxyl groups is 1. The van der Waals surface area contributed by atoms with Crippen LogP contribution in [0.15, 0.2) is 24.3 Å². The number of nitrogens with zero attached hydrogens (tertiary/aromatic N) is 2. The zero-order chi connectivity index (χ0) is 15.9. The lowest BCUT2D eigenvalue weighted by Crippen LogP contribution is -2.61. The normalized spacial score (nSPS) is 19.2. The lowest BCUT2D eigenvalue weighted by atomic mass is 9.96. The Morgan fingerprint density at radius 2 is 1.73 bits per heavy atom. The lowest BCUT2D eigenvalue weighted by Gasteiger charge is -2.44. The third kappa shape index (κ3) is 2.50. The van der Waals surface area contributed by atoms with E-state index >= 15 is 0 Å². The van der Waals surface area contributed by atoms with Crippen LogP contribution in [0.3, 0.4) is 0 Å². The Hall–Kier alpha value is -2.21. The Morgan fingerprint density at radius 1 is 1.18 bits per heavy atom. The van der Waals surface area contributed by atoms with Crippen LogP contribution in [0.5, 0.6) is 0 Å². The molecule has 3 rings (SSSR count). The second kappa shape index (κ2) is 5.21. The van der Waals surface area contributed by atoms with E-state index in [1.165, 1.54) is 4.90 Å². The van der Waals surface area contributed by atoms with Gasteiger partial charge in [0.15, 0.2) is 0 Å². The van der Waals surface area contributed by atoms with E-state index < -0.39 is 5.60 Å². The Kier molecular flexibility index (Phi) is 3.48. The summed E-state index contributed by atoms with van der Waals surface area (Å²) >= 11 is 0. The fourth-order valence-electron chi connectivity index (χ4n) is 2.94. The van der Waals surface area contributed by atoms with E-state index in [0.717, 1.165) is 0 Å². The first-order valence-corrected chi connectivity index (χ1v) is 7.34. The summed E-state index contributed by atoms with van der Waals surface area (Å²) in [7, 11) is 0. The second-order valence-corrected chi connectivity index (χ2v) is 6.16. The predicted molar refractivity (Wildman–Crippen MR) is 78.2 cm³/mol. The summed E-state index contributed by atoms with van der Waals surface area (Å²) < 4.78 is 0. The van der Waals surface area contributed by atoms with Crippen molar-refractivity contribution in [2.75, 3.05) is 19.6 Å². The molecule has 3 amide bonds. The second-order valence-electron chi connectivity index (χ2n) is 6.16. The number of fused-ring (bicyclic) bond motifs is 1. The highest BCUT2D eigenvalue weighted by Gasteiger charge is 2.39. The molecular formula is C16H18N2O4. The van der Waals surface area contributed by atoms with Crippen molar-refractivity contribution in [2.45, 2.75) is 25.4 Å². The number of benzene rings is 1. The van der Waals surface area contributed by atoms with Crippen LogP contribution >= 0.6 is 0 Å². The Bertz CT molecular complexity index is 610. The van der Waals surface area contributed by atoms with Crippen LogP contribution < -0.4 is 0 Å². The van der Waals surface area contributed by atoms with Crippen molar-refractivity contribution >= 4 is 17.7 Å². The van der Waals surface area contributed by atoms with E-state index in [9.17, 15) is 19.5 Å². The molecule has 0 radical (unpaired) electrons. The fraction of sp³-hybridized carbons (Fsp3) is 0.438. The zero-order valence-electron chi connectivity index (χ0n) is 12.4. The summed E-state index contributed by atoms with van der Waals surface area (Å²) in [5.41, 5.74) is 0.0771. The maximum Gasteiger partial charge on any atom is 0.261 e. The minimum absolute atomic E-state index is 0.0527. The average Bonchev–Trinajstić information content (AvgIpc) is 2.70. The molecule has 6 nitrogen and oxygen atoms in total. The molecule has 2 aliphatic rings. The van der Waals surface area contributed by atoms with E-state index in [4.69, 9.17) is 0 Å². The first kappa shape index (κ1) is 14.7. The number of hydrogen-bond donors (Lipinski definition) is 1. The van der Waals surface area contributed by atoms with Gasteiger partial charge in [0, 0.05) is 13.0 Å². The number of carbonyl (C=O) groups is 3. The molecule has 0 aliphatic carbocycles. The third-order valence-electron chi connectivity index (χ3n) is 4.07. The Morgan fingerprint density at radius 3 is 2.23 bits per heavy atom. The van der Waals surface area contributed by atoms with Crippen LogP contribution in [0.25, 0.3) is 0 Å². The highest BCUT2D eigenvalue weighted by molar-refractivity contribution is 6.21. The average molecular weight is 302 g/mol. The van der Waals surface area contributed by atoms with Crippen molar-refractivity contribution < 1.29 is 19.5 Å². The van der Waals surface area contributed by atoms with Crippen molar-refractivity contribution in [1.29, 1.82) is 0 Å². The standard InChI is InChI=1S/C16H18N2O4/c1-16(22)9-17(10-16)13(19)7-4-8-18-14(20)11-5-2-3-6-12(11)15(18)21/h2-3,5-6,22H,4,7-10H2,1H3. The van der Waals surface area contributed by atoms with Gasteiger partial charge in [0.05, 0.1) is 29.8 Å². The van der Waals surface area contributed by atoms with Gasteiger partial charge in [-0.25, -0.2) is 0 Å². The highest BCUT2D eigenvalue weighted by atomic mass is 16.3. The highest BCUT2D eigenvalue weighted by Crippen LogP contribution is 2.24. The topological polar surface area (TPSA) is 77.9 Å². The third-order valence-corrected chi connectivity index (χ3v) is 4.07. The van der Waals surface area contributed by atoms with E-state index in [0.29, 0.717) is 30.6 Å². The number of amides is 3. The van der Waals surface area contributed by atoms with Gasteiger partial charge in [-0.1, -0.05) is 12.1 Å². The monoisotopic (exact) mass is 302 g/mol. The van der Waals surface area contributed by atoms with Crippen LogP contribution in [0.4, 0.5) is 0 Å². The maximum absolute atomic E-state index is 12.1. The van der Waals surface area contributed by atoms with Gasteiger partial charge >= 0.3 is 0 Å². The van der Waals surface area contributed by atoms with Crippen molar-refractivity contribution in [3.05, 3.63) is 35.4 Å². The van der Waals surface area contributed by atoms with Gasteiger partial charge in [-0.15, -0.1) is 0 Å². The summed E-state index contributed by atoms with van der Waals surface area (Å²) in [6.07, 6.45) is 0.701. The summed E-state index contributed by atoms with van der Waals surface area (Å²) in [4.78, 5) is 39.0. The molecule has 1 aromatic carbocycles. The van der Waals surface area contributed by atoms with Crippen LogP contribution in [0.2, 0.25) is 0 Å². The van der Waals surface area contributed by atoms with E-state index in [-0.39, 0.29) is 30.7 Å². The molecule has 0 unspecified atom stereocenters. The first-order chi connectivity index (χ1) is 10.4. The van der Waals surface area contributed by atoms with Gasteiger partial charge in [-0.05, 0) is 25.5 Å². The van der Waals surface area contributed by atoms with Gasteiger partial charge in [-0.2, -0.15) is 0 Å². The van der Waals surface area contributed by atoms with E-state index in [1.807, 2.05) is 0 Å². The molecule has 116 valence electrons. The van der Waals surface area contributed by atoms with Gasteiger partial charge in [0.1, 0.15) is 0 Å². The molecule has 6 heteroatoms. The van der Waals surface area contributed by atoms with Crippen LogP contribution in [-0.4, -0.2) is 57.9 Å². The zero-order valence-corrected chi connectivity index (χ0v) is 12.4. The van der Waals surface area contributed by atoms with E-state index in [2.05, 4.69) is 0 Å². The molecule has 1 aromatic rings. The van der Waals surface area contributed by atoms with Crippen molar-refractivity contribution in [1.82, 2.24) is 9.80 Å². The molecule has 0 bridgehead atoms. The number of β-amino-alcohol motifs (C(OH)–C–C–N with tert-alkyl or cyclic N) is 1. The van der Waals surface area contributed by atoms with Crippen LogP contribution in [0.1, 0.15) is 40.5 Å². The van der Waals surface area contributed by atoms with Crippen molar-refractivity contribution in [3.8, 4) is 0 Å². The molecule has 1 saturated heterocycles. The summed E-state index contributed by atoms with van der Waals surface area (Å²) in [5, 5.41) is 9.61. The Labute approximate surface area is 128 Å². The molecule has 1 fully saturated rings. The van der Waals surface area contributed by atoms with Gasteiger partial charge < -0.3 is 10.0 Å². The van der Waals surface area contributed by atoms with Crippen LogP contribution in [-0.2, 0) is 4.79 Å². The molecule has 1 N–H and O–H groups in total. The molecule has 2 heterocycles. The van der Waals surface area contributed by atoms with Crippen LogP contribution in [0, 0.1) is 0 Å². The molecule has 22 heavy (non-hydrogen) atoms. The van der Waals surface area contributed by atoms with Crippen molar-refractivity contribution in [3.63, 3.8) is 0 Å². The number of likely N-dealkylation sites (tertiary alicyclic amines) is 1. The largest absolute Gasteiger partial charge is 0.386 e. The summed E-state index contributed by atoms with van der Waals surface area (Å²) in [5.74, 6) is -0.636. The minimum Gasteiger partial charge on any atom is -0.386 e. The first-order valence-electron chi connectivity index (χ1n) is 7.34. The number of imide groups is 1. The van der Waals surface area contributed by atoms with Crippen molar-refractivity contribution in [2.24, 2.45) is 0 Å². The smallest absolute Gasteiger partial charge is 0.261 e. The van der Waals surface area contributed by atoms with E-state index in [1.54, 1.807) is 36.1 Å². The van der Waals surface area contributed by atoms with Gasteiger partial charge in [0.25, 0.3) is 11.8 Å². The number of carbonyl (C=O) groups excluding carboxylic acids is 3. The minimum atomic E-state index is -0.780. The summed E-state index contributed by atoms with van der Waals surface area (Å²) in [6, 6.07) is 6.74. The Balaban J connectivity index is 1.52. The fourth-order valence-corrected chi connectivity index (χ4v) is 2.94. The predicted octanol–water partition coefficient (Wildman–Crippen LogP) is 0.656. The molecule has 0 atom stereocenters. The van der Waals surface area contributed by atoms with Gasteiger partial charge in [-0.3, -0.25) is 19.3 Å². The SMILES string of the molecule is CC1(O)CN(C(=O)CCCN2C(=O)c3ccccc3C2=O)C1. The number of rotatable bonds is 4.